The molecular weight excluding hydrogens is 536 g/mol. The van der Waals surface area contributed by atoms with E-state index in [0.29, 0.717) is 10.1 Å². The first-order chi connectivity index (χ1) is 14.5. The number of nitrogens with one attached hydrogen (secondary N) is 1. The standard InChI is InChI=1S/C22H17ClN2O2S3.BrH/c1-13-18(11-20(30-13)21(28)26-2)19-12-29-22(25-19)24-15-5-9-17(10-6-15)27-16-7-3-14(23)4-8-16;/h3-12H,1-2H3,(H,24,25);1H. The predicted molar refractivity (Wildman–Crippen MR) is 140 cm³/mol. The topological polar surface area (TPSA) is 43.4 Å². The second-order valence-corrected chi connectivity index (χ2v) is 9.24. The maximum absolute atomic E-state index is 5.90. The van der Waals surface area contributed by atoms with Gasteiger partial charge in [-0.05, 0) is 73.7 Å². The van der Waals surface area contributed by atoms with Crippen LogP contribution in [0.1, 0.15) is 9.75 Å². The molecule has 2 aromatic carbocycles. The molecule has 2 aromatic heterocycles. The Labute approximate surface area is 209 Å². The van der Waals surface area contributed by atoms with Crippen molar-refractivity contribution < 1.29 is 9.47 Å². The third-order valence-corrected chi connectivity index (χ3v) is 6.81. The highest BCUT2D eigenvalue weighted by atomic mass is 79.9. The molecule has 160 valence electrons. The van der Waals surface area contributed by atoms with E-state index in [2.05, 4.69) is 12.2 Å². The lowest BCUT2D eigenvalue weighted by Crippen LogP contribution is -1.94. The predicted octanol–water partition coefficient (Wildman–Crippen LogP) is 8.27. The highest BCUT2D eigenvalue weighted by Gasteiger charge is 2.14. The zero-order valence-corrected chi connectivity index (χ0v) is 21.5. The smallest absolute Gasteiger partial charge is 0.201 e. The summed E-state index contributed by atoms with van der Waals surface area (Å²) in [5.41, 5.74) is 2.93. The fourth-order valence-corrected chi connectivity index (χ4v) is 4.75. The summed E-state index contributed by atoms with van der Waals surface area (Å²) in [5.74, 6) is 1.49. The maximum atomic E-state index is 5.90. The number of methoxy groups -OCH3 is 1. The Hall–Kier alpha value is -1.97. The summed E-state index contributed by atoms with van der Waals surface area (Å²) in [6.07, 6.45) is 0. The molecule has 0 atom stereocenters. The zero-order chi connectivity index (χ0) is 21.1. The molecule has 31 heavy (non-hydrogen) atoms. The van der Waals surface area contributed by atoms with Gasteiger partial charge in [-0.2, -0.15) is 0 Å². The second-order valence-electron chi connectivity index (χ2n) is 6.32. The minimum atomic E-state index is 0. The molecule has 0 aliphatic carbocycles. The third kappa shape index (κ3) is 5.84. The Morgan fingerprint density at radius 3 is 2.35 bits per heavy atom. The Morgan fingerprint density at radius 1 is 1.06 bits per heavy atom. The van der Waals surface area contributed by atoms with Gasteiger partial charge in [-0.15, -0.1) is 39.7 Å². The van der Waals surface area contributed by atoms with Gasteiger partial charge in [-0.25, -0.2) is 4.98 Å². The fraction of sp³-hybridized carbons (Fsp3) is 0.0909. The highest BCUT2D eigenvalue weighted by molar-refractivity contribution is 8.93. The summed E-state index contributed by atoms with van der Waals surface area (Å²) >= 11 is 14.3. The van der Waals surface area contributed by atoms with Crippen LogP contribution < -0.4 is 10.1 Å². The molecule has 0 bridgehead atoms. The Bertz CT molecular complexity index is 1170. The first-order valence-corrected chi connectivity index (χ1v) is 11.5. The van der Waals surface area contributed by atoms with Gasteiger partial charge in [0.2, 0.25) is 5.05 Å². The summed E-state index contributed by atoms with van der Waals surface area (Å²) in [5, 5.41) is 7.38. The molecule has 0 radical (unpaired) electrons. The van der Waals surface area contributed by atoms with E-state index >= 15 is 0 Å². The minimum absolute atomic E-state index is 0. The average Bonchev–Trinajstić information content (AvgIpc) is 3.37. The third-order valence-electron chi connectivity index (χ3n) is 4.24. The molecule has 4 nitrogen and oxygen atoms in total. The summed E-state index contributed by atoms with van der Waals surface area (Å²) in [6, 6.07) is 17.0. The van der Waals surface area contributed by atoms with E-state index in [0.717, 1.165) is 43.3 Å². The van der Waals surface area contributed by atoms with E-state index < -0.39 is 0 Å². The van der Waals surface area contributed by atoms with Crippen LogP contribution >= 0.6 is 63.5 Å². The number of aryl methyl sites for hydroxylation is 1. The van der Waals surface area contributed by atoms with E-state index in [1.165, 1.54) is 0 Å². The number of ether oxygens (including phenoxy) is 2. The lowest BCUT2D eigenvalue weighted by molar-refractivity contribution is 0.417. The molecule has 0 fully saturated rings. The minimum Gasteiger partial charge on any atom is -0.486 e. The van der Waals surface area contributed by atoms with Crippen molar-refractivity contribution in [1.82, 2.24) is 4.98 Å². The number of benzene rings is 2. The van der Waals surface area contributed by atoms with Gasteiger partial charge in [-0.3, -0.25) is 0 Å². The van der Waals surface area contributed by atoms with Crippen molar-refractivity contribution in [1.29, 1.82) is 0 Å². The summed E-state index contributed by atoms with van der Waals surface area (Å²) in [6.45, 7) is 2.06. The van der Waals surface area contributed by atoms with Crippen LogP contribution in [-0.2, 0) is 4.74 Å². The van der Waals surface area contributed by atoms with Crippen molar-refractivity contribution in [3.05, 3.63) is 74.8 Å². The number of thiazole rings is 1. The van der Waals surface area contributed by atoms with Crippen LogP contribution in [-0.4, -0.2) is 17.1 Å². The summed E-state index contributed by atoms with van der Waals surface area (Å²) in [7, 11) is 1.59. The van der Waals surface area contributed by atoms with Crippen LogP contribution in [0.5, 0.6) is 11.5 Å². The largest absolute Gasteiger partial charge is 0.486 e. The number of thiocarbonyl (C=S) groups is 1. The van der Waals surface area contributed by atoms with Crippen LogP contribution in [0.25, 0.3) is 11.3 Å². The maximum Gasteiger partial charge on any atom is 0.201 e. The van der Waals surface area contributed by atoms with Gasteiger partial charge in [0.1, 0.15) is 11.5 Å². The number of halogens is 2. The molecule has 0 aliphatic rings. The lowest BCUT2D eigenvalue weighted by Gasteiger charge is -2.07. The molecule has 0 saturated carbocycles. The van der Waals surface area contributed by atoms with Gasteiger partial charge in [-0.1, -0.05) is 11.6 Å². The molecule has 4 aromatic rings. The van der Waals surface area contributed by atoms with Gasteiger partial charge in [0.05, 0.1) is 17.7 Å². The molecule has 1 N–H and O–H groups in total. The van der Waals surface area contributed by atoms with Crippen molar-refractivity contribution in [2.45, 2.75) is 6.92 Å². The number of hydrogen-bond acceptors (Lipinski definition) is 7. The van der Waals surface area contributed by atoms with Crippen LogP contribution in [0.4, 0.5) is 10.8 Å². The van der Waals surface area contributed by atoms with Gasteiger partial charge < -0.3 is 14.8 Å². The normalized spacial score (nSPS) is 10.3. The molecule has 0 amide bonds. The number of aromatic nitrogens is 1. The number of thiophene rings is 1. The molecule has 9 heteroatoms. The molecular formula is C22H18BrClN2O2S3. The van der Waals surface area contributed by atoms with Gasteiger partial charge >= 0.3 is 0 Å². The first-order valence-electron chi connectivity index (χ1n) is 8.97. The number of anilines is 2. The summed E-state index contributed by atoms with van der Waals surface area (Å²) < 4.78 is 11.0. The molecule has 0 saturated heterocycles. The van der Waals surface area contributed by atoms with E-state index in [4.69, 9.17) is 38.3 Å². The van der Waals surface area contributed by atoms with Crippen LogP contribution in [0.15, 0.2) is 60.0 Å². The van der Waals surface area contributed by atoms with Crippen molar-refractivity contribution in [2.24, 2.45) is 0 Å². The molecule has 0 aliphatic heterocycles. The van der Waals surface area contributed by atoms with E-state index in [-0.39, 0.29) is 17.0 Å². The van der Waals surface area contributed by atoms with Crippen molar-refractivity contribution >= 4 is 79.3 Å². The van der Waals surface area contributed by atoms with Crippen LogP contribution in [0.2, 0.25) is 5.02 Å². The van der Waals surface area contributed by atoms with Crippen molar-refractivity contribution in [3.8, 4) is 22.8 Å². The highest BCUT2D eigenvalue weighted by Crippen LogP contribution is 2.34. The molecule has 2 heterocycles. The van der Waals surface area contributed by atoms with Crippen LogP contribution in [0, 0.1) is 6.92 Å². The van der Waals surface area contributed by atoms with E-state index in [1.54, 1.807) is 41.9 Å². The van der Waals surface area contributed by atoms with Gasteiger partial charge in [0, 0.05) is 26.5 Å². The fourth-order valence-electron chi connectivity index (χ4n) is 2.76. The van der Waals surface area contributed by atoms with Crippen LogP contribution in [0.3, 0.4) is 0 Å². The van der Waals surface area contributed by atoms with E-state index in [9.17, 15) is 0 Å². The number of hydrogen-bond donors (Lipinski definition) is 1. The second kappa shape index (κ2) is 10.6. The monoisotopic (exact) mass is 552 g/mol. The molecule has 0 spiro atoms. The first kappa shape index (κ1) is 23.7. The zero-order valence-electron chi connectivity index (χ0n) is 16.5. The quantitative estimate of drug-likeness (QED) is 0.243. The molecule has 0 unspecified atom stereocenters. The Morgan fingerprint density at radius 2 is 1.71 bits per heavy atom. The SMILES string of the molecule is Br.COC(=S)c1cc(-c2csc(Nc3ccc(Oc4ccc(Cl)cc4)cc3)n2)c(C)s1. The Balaban J connectivity index is 0.00000272. The number of nitrogens with zero attached hydrogens (tertiary/aromatic N) is 1. The molecule has 4 rings (SSSR count). The van der Waals surface area contributed by atoms with E-state index in [1.807, 2.05) is 47.8 Å². The lowest BCUT2D eigenvalue weighted by atomic mass is 10.2. The van der Waals surface area contributed by atoms with Crippen molar-refractivity contribution in [2.75, 3.05) is 12.4 Å². The Kier molecular flexibility index (Phi) is 8.07. The summed E-state index contributed by atoms with van der Waals surface area (Å²) in [4.78, 5) is 6.82. The van der Waals surface area contributed by atoms with Gasteiger partial charge in [0.25, 0.3) is 0 Å². The van der Waals surface area contributed by atoms with Gasteiger partial charge in [0.15, 0.2) is 5.13 Å². The number of rotatable bonds is 6. The van der Waals surface area contributed by atoms with Crippen molar-refractivity contribution in [3.63, 3.8) is 0 Å². The average molecular weight is 554 g/mol.